The molecule has 4 aromatic rings. The number of hydrogen-bond donors (Lipinski definition) is 0. The van der Waals surface area contributed by atoms with Gasteiger partial charge in [0.05, 0.1) is 0 Å². The highest BCUT2D eigenvalue weighted by Crippen LogP contribution is 2.28. The van der Waals surface area contributed by atoms with Crippen molar-refractivity contribution in [3.05, 3.63) is 53.2 Å². The lowest BCUT2D eigenvalue weighted by Crippen LogP contribution is -1.90. The monoisotopic (exact) mass is 290 g/mol. The molecule has 2 aromatic heterocycles. The molecule has 0 saturated carbocycles. The van der Waals surface area contributed by atoms with Gasteiger partial charge in [-0.25, -0.2) is 4.98 Å². The van der Waals surface area contributed by atoms with Crippen LogP contribution in [-0.4, -0.2) is 14.6 Å². The number of nitriles is 1. The van der Waals surface area contributed by atoms with Gasteiger partial charge < -0.3 is 0 Å². The van der Waals surface area contributed by atoms with E-state index in [0.29, 0.717) is 11.4 Å². The van der Waals surface area contributed by atoms with E-state index in [9.17, 15) is 5.26 Å². The number of rotatable bonds is 1. The molecule has 0 aliphatic rings. The smallest absolute Gasteiger partial charge is 0.213 e. The standard InChI is InChI=1S/C16H10N4S/c1-10-19-20-14(9-17)15(18-16(20)21-10)13-7-6-11-4-2-3-5-12(11)8-13/h2-8H,1H3. The second-order valence-electron chi connectivity index (χ2n) is 4.80. The first-order chi connectivity index (χ1) is 10.3. The van der Waals surface area contributed by atoms with Crippen LogP contribution in [0.25, 0.3) is 27.0 Å². The Labute approximate surface area is 124 Å². The first-order valence-corrected chi connectivity index (χ1v) is 7.33. The van der Waals surface area contributed by atoms with Crippen molar-refractivity contribution < 1.29 is 0 Å². The highest BCUT2D eigenvalue weighted by atomic mass is 32.1. The van der Waals surface area contributed by atoms with Gasteiger partial charge >= 0.3 is 0 Å². The van der Waals surface area contributed by atoms with Gasteiger partial charge in [-0.05, 0) is 23.8 Å². The summed E-state index contributed by atoms with van der Waals surface area (Å²) in [5.41, 5.74) is 2.13. The Hall–Kier alpha value is -2.71. The number of aromatic nitrogens is 3. The van der Waals surface area contributed by atoms with Gasteiger partial charge in [0, 0.05) is 5.56 Å². The number of hydrogen-bond acceptors (Lipinski definition) is 4. The third kappa shape index (κ3) is 1.81. The van der Waals surface area contributed by atoms with Crippen molar-refractivity contribution >= 4 is 27.1 Å². The zero-order chi connectivity index (χ0) is 14.4. The fraction of sp³-hybridized carbons (Fsp3) is 0.0625. The molecule has 2 heterocycles. The summed E-state index contributed by atoms with van der Waals surface area (Å²) in [6, 6.07) is 16.5. The Bertz CT molecular complexity index is 1020. The van der Waals surface area contributed by atoms with E-state index in [2.05, 4.69) is 40.4 Å². The molecule has 0 bridgehead atoms. The van der Waals surface area contributed by atoms with Crippen LogP contribution in [0.5, 0.6) is 0 Å². The molecule has 4 rings (SSSR count). The van der Waals surface area contributed by atoms with E-state index in [1.54, 1.807) is 4.52 Å². The summed E-state index contributed by atoms with van der Waals surface area (Å²) in [7, 11) is 0. The van der Waals surface area contributed by atoms with Crippen molar-refractivity contribution in [3.63, 3.8) is 0 Å². The Morgan fingerprint density at radius 3 is 2.76 bits per heavy atom. The third-order valence-electron chi connectivity index (χ3n) is 3.43. The minimum absolute atomic E-state index is 0.490. The third-order valence-corrected chi connectivity index (χ3v) is 4.26. The lowest BCUT2D eigenvalue weighted by molar-refractivity contribution is 0.931. The van der Waals surface area contributed by atoms with Crippen LogP contribution in [-0.2, 0) is 0 Å². The quantitative estimate of drug-likeness (QED) is 0.536. The van der Waals surface area contributed by atoms with Crippen molar-refractivity contribution in [1.29, 1.82) is 5.26 Å². The zero-order valence-corrected chi connectivity index (χ0v) is 12.1. The topological polar surface area (TPSA) is 54.0 Å². The fourth-order valence-corrected chi connectivity index (χ4v) is 3.22. The number of aryl methyl sites for hydroxylation is 1. The summed E-state index contributed by atoms with van der Waals surface area (Å²) in [6.07, 6.45) is 0. The Kier molecular flexibility index (Phi) is 2.53. The predicted molar refractivity (Wildman–Crippen MR) is 83.3 cm³/mol. The van der Waals surface area contributed by atoms with E-state index in [1.165, 1.54) is 16.7 Å². The van der Waals surface area contributed by atoms with Crippen LogP contribution in [0, 0.1) is 18.3 Å². The lowest BCUT2D eigenvalue weighted by Gasteiger charge is -2.01. The van der Waals surface area contributed by atoms with Gasteiger partial charge in [0.15, 0.2) is 5.69 Å². The van der Waals surface area contributed by atoms with Gasteiger partial charge in [0.1, 0.15) is 16.8 Å². The Balaban J connectivity index is 1.99. The maximum Gasteiger partial charge on any atom is 0.213 e. The predicted octanol–water partition coefficient (Wildman–Crippen LogP) is 3.79. The summed E-state index contributed by atoms with van der Waals surface area (Å²) in [5, 5.41) is 17.0. The van der Waals surface area contributed by atoms with Crippen LogP contribution in [0.15, 0.2) is 42.5 Å². The van der Waals surface area contributed by atoms with Gasteiger partial charge in [0.2, 0.25) is 4.96 Å². The lowest BCUT2D eigenvalue weighted by atomic mass is 10.0. The van der Waals surface area contributed by atoms with Crippen LogP contribution < -0.4 is 0 Å². The molecular formula is C16H10N4S. The van der Waals surface area contributed by atoms with Crippen molar-refractivity contribution in [2.45, 2.75) is 6.92 Å². The molecule has 0 radical (unpaired) electrons. The summed E-state index contributed by atoms with van der Waals surface area (Å²) in [6.45, 7) is 1.91. The average molecular weight is 290 g/mol. The molecule has 0 saturated heterocycles. The van der Waals surface area contributed by atoms with E-state index in [1.807, 2.05) is 25.1 Å². The minimum atomic E-state index is 0.490. The fourth-order valence-electron chi connectivity index (χ4n) is 2.48. The van der Waals surface area contributed by atoms with Crippen molar-refractivity contribution in [3.8, 4) is 17.3 Å². The average Bonchev–Trinajstić information content (AvgIpc) is 3.02. The van der Waals surface area contributed by atoms with Crippen LogP contribution >= 0.6 is 11.3 Å². The SMILES string of the molecule is Cc1nn2c(C#N)c(-c3ccc4ccccc4c3)nc2s1. The molecule has 0 fully saturated rings. The molecule has 4 nitrogen and oxygen atoms in total. The Morgan fingerprint density at radius 1 is 1.14 bits per heavy atom. The van der Waals surface area contributed by atoms with E-state index >= 15 is 0 Å². The number of benzene rings is 2. The molecule has 0 N–H and O–H groups in total. The first kappa shape index (κ1) is 12.1. The van der Waals surface area contributed by atoms with Gasteiger partial charge in [-0.2, -0.15) is 14.9 Å². The van der Waals surface area contributed by atoms with Crippen molar-refractivity contribution in [2.24, 2.45) is 0 Å². The maximum absolute atomic E-state index is 9.44. The molecule has 0 spiro atoms. The molecule has 0 atom stereocenters. The van der Waals surface area contributed by atoms with Gasteiger partial charge in [-0.1, -0.05) is 47.7 Å². The highest BCUT2D eigenvalue weighted by Gasteiger charge is 2.16. The van der Waals surface area contributed by atoms with Crippen molar-refractivity contribution in [2.75, 3.05) is 0 Å². The number of nitrogens with zero attached hydrogens (tertiary/aromatic N) is 4. The second kappa shape index (κ2) is 4.40. The molecule has 100 valence electrons. The van der Waals surface area contributed by atoms with E-state index in [-0.39, 0.29) is 0 Å². The van der Waals surface area contributed by atoms with E-state index in [4.69, 9.17) is 0 Å². The summed E-state index contributed by atoms with van der Waals surface area (Å²) >= 11 is 1.49. The molecule has 5 heteroatoms. The van der Waals surface area contributed by atoms with E-state index in [0.717, 1.165) is 20.9 Å². The first-order valence-electron chi connectivity index (χ1n) is 6.52. The molecule has 0 aliphatic carbocycles. The van der Waals surface area contributed by atoms with Crippen molar-refractivity contribution in [1.82, 2.24) is 14.6 Å². The maximum atomic E-state index is 9.44. The second-order valence-corrected chi connectivity index (χ2v) is 5.96. The van der Waals surface area contributed by atoms with Gasteiger partial charge in [-0.15, -0.1) is 0 Å². The Morgan fingerprint density at radius 2 is 1.95 bits per heavy atom. The normalized spacial score (nSPS) is 11.0. The minimum Gasteiger partial charge on any atom is -0.216 e. The van der Waals surface area contributed by atoms with E-state index < -0.39 is 0 Å². The van der Waals surface area contributed by atoms with Crippen LogP contribution in [0.1, 0.15) is 10.7 Å². The number of fused-ring (bicyclic) bond motifs is 2. The largest absolute Gasteiger partial charge is 0.216 e. The van der Waals surface area contributed by atoms with Gasteiger partial charge in [0.25, 0.3) is 0 Å². The molecule has 0 aliphatic heterocycles. The van der Waals surface area contributed by atoms with Crippen LogP contribution in [0.4, 0.5) is 0 Å². The molecule has 2 aromatic carbocycles. The molecule has 0 amide bonds. The summed E-state index contributed by atoms with van der Waals surface area (Å²) < 4.78 is 1.63. The molecular weight excluding hydrogens is 280 g/mol. The zero-order valence-electron chi connectivity index (χ0n) is 11.2. The summed E-state index contributed by atoms with van der Waals surface area (Å²) in [4.78, 5) is 5.33. The van der Waals surface area contributed by atoms with Crippen LogP contribution in [0.2, 0.25) is 0 Å². The van der Waals surface area contributed by atoms with Crippen LogP contribution in [0.3, 0.4) is 0 Å². The highest BCUT2D eigenvalue weighted by molar-refractivity contribution is 7.16. The molecule has 0 unspecified atom stereocenters. The molecule has 21 heavy (non-hydrogen) atoms. The number of imidazole rings is 1. The van der Waals surface area contributed by atoms with Gasteiger partial charge in [-0.3, -0.25) is 0 Å². The summed E-state index contributed by atoms with van der Waals surface area (Å²) in [5.74, 6) is 0.